The van der Waals surface area contributed by atoms with Gasteiger partial charge in [-0.1, -0.05) is 41.5 Å². The molecule has 1 nitrogen and oxygen atoms in total. The number of benzene rings is 1. The summed E-state index contributed by atoms with van der Waals surface area (Å²) in [6.07, 6.45) is 8.74. The molecule has 1 aromatic carbocycles. The van der Waals surface area contributed by atoms with Crippen molar-refractivity contribution in [2.75, 3.05) is 14.1 Å². The topological polar surface area (TPSA) is 3.24 Å². The van der Waals surface area contributed by atoms with E-state index in [9.17, 15) is 0 Å². The van der Waals surface area contributed by atoms with Crippen molar-refractivity contribution in [3.05, 3.63) is 47.0 Å². The van der Waals surface area contributed by atoms with Crippen LogP contribution in [0.15, 0.2) is 35.9 Å². The fraction of sp³-hybridized carbons (Fsp3) is 0.529. The average molecular weight is 243 g/mol. The number of rotatable bonds is 3. The smallest absolute Gasteiger partial charge is 0.00951 e. The molecule has 0 spiro atoms. The molecule has 2 rings (SSSR count). The van der Waals surface area contributed by atoms with E-state index in [1.165, 1.54) is 36.8 Å². The lowest BCUT2D eigenvalue weighted by molar-refractivity contribution is 0.269. The monoisotopic (exact) mass is 243 g/mol. The van der Waals surface area contributed by atoms with Gasteiger partial charge in [-0.3, -0.25) is 0 Å². The zero-order chi connectivity index (χ0) is 13.0. The van der Waals surface area contributed by atoms with Gasteiger partial charge in [0.15, 0.2) is 0 Å². The van der Waals surface area contributed by atoms with E-state index in [1.54, 1.807) is 5.57 Å². The zero-order valence-electron chi connectivity index (χ0n) is 11.9. The van der Waals surface area contributed by atoms with E-state index in [1.807, 2.05) is 0 Å². The molecular formula is C17H25N. The molecule has 0 N–H and O–H groups in total. The molecule has 0 saturated heterocycles. The van der Waals surface area contributed by atoms with Crippen LogP contribution in [0.2, 0.25) is 0 Å². The van der Waals surface area contributed by atoms with Crippen LogP contribution in [0.4, 0.5) is 0 Å². The minimum absolute atomic E-state index is 0.761. The number of hydrogen-bond acceptors (Lipinski definition) is 1. The second kappa shape index (κ2) is 6.19. The molecular weight excluding hydrogens is 218 g/mol. The van der Waals surface area contributed by atoms with Crippen molar-refractivity contribution >= 4 is 0 Å². The lowest BCUT2D eigenvalue weighted by Gasteiger charge is -2.22. The first-order chi connectivity index (χ1) is 8.65. The van der Waals surface area contributed by atoms with E-state index in [-0.39, 0.29) is 0 Å². The number of allylic oxidation sites excluding steroid dienone is 2. The van der Waals surface area contributed by atoms with Gasteiger partial charge >= 0.3 is 0 Å². The second-order valence-corrected chi connectivity index (χ2v) is 5.76. The molecule has 1 aliphatic rings. The van der Waals surface area contributed by atoms with Crippen LogP contribution in [0.1, 0.15) is 36.8 Å². The highest BCUT2D eigenvalue weighted by Gasteiger charge is 2.14. The van der Waals surface area contributed by atoms with Gasteiger partial charge in [-0.25, -0.2) is 0 Å². The van der Waals surface area contributed by atoms with E-state index < -0.39 is 0 Å². The fourth-order valence-electron chi connectivity index (χ4n) is 2.72. The maximum Gasteiger partial charge on any atom is 0.00951 e. The molecule has 1 aromatic rings. The summed E-state index contributed by atoms with van der Waals surface area (Å²) in [5.41, 5.74) is 4.43. The largest absolute Gasteiger partial charge is 0.306 e. The van der Waals surface area contributed by atoms with Crippen LogP contribution in [-0.2, 0) is 6.42 Å². The summed E-state index contributed by atoms with van der Waals surface area (Å²) in [5, 5.41) is 0. The molecule has 1 heteroatoms. The summed E-state index contributed by atoms with van der Waals surface area (Å²) in [4.78, 5) is 2.38. The van der Waals surface area contributed by atoms with Crippen LogP contribution >= 0.6 is 0 Å². The molecule has 0 aromatic heterocycles. The molecule has 1 aliphatic carbocycles. The summed E-state index contributed by atoms with van der Waals surface area (Å²) >= 11 is 0. The fourth-order valence-corrected chi connectivity index (χ4v) is 2.72. The first-order valence-corrected chi connectivity index (χ1v) is 7.05. The van der Waals surface area contributed by atoms with Crippen molar-refractivity contribution in [1.82, 2.24) is 4.90 Å². The maximum absolute atomic E-state index is 2.48. The van der Waals surface area contributed by atoms with Crippen LogP contribution in [0.25, 0.3) is 0 Å². The first-order valence-electron chi connectivity index (χ1n) is 7.05. The van der Waals surface area contributed by atoms with E-state index >= 15 is 0 Å². The van der Waals surface area contributed by atoms with Gasteiger partial charge in [0.25, 0.3) is 0 Å². The Labute approximate surface area is 112 Å². The quantitative estimate of drug-likeness (QED) is 0.726. The van der Waals surface area contributed by atoms with Crippen molar-refractivity contribution < 1.29 is 0 Å². The molecule has 0 heterocycles. The van der Waals surface area contributed by atoms with E-state index in [0.717, 1.165) is 12.5 Å². The number of aryl methyl sites for hydroxylation is 1. The van der Waals surface area contributed by atoms with Crippen LogP contribution in [0.3, 0.4) is 0 Å². The third-order valence-corrected chi connectivity index (χ3v) is 4.01. The average Bonchev–Trinajstić information content (AvgIpc) is 2.58. The normalized spacial score (nSPS) is 20.7. The van der Waals surface area contributed by atoms with Crippen LogP contribution in [0, 0.1) is 6.92 Å². The zero-order valence-corrected chi connectivity index (χ0v) is 11.9. The minimum atomic E-state index is 0.761. The Kier molecular flexibility index (Phi) is 4.60. The Hall–Kier alpha value is -1.08. The molecule has 1 unspecified atom stereocenters. The third kappa shape index (κ3) is 3.71. The van der Waals surface area contributed by atoms with Crippen molar-refractivity contribution in [3.8, 4) is 0 Å². The highest BCUT2D eigenvalue weighted by Crippen LogP contribution is 2.23. The number of hydrogen-bond donors (Lipinski definition) is 0. The Morgan fingerprint density at radius 3 is 2.50 bits per heavy atom. The van der Waals surface area contributed by atoms with Gasteiger partial charge in [0, 0.05) is 6.04 Å². The predicted molar refractivity (Wildman–Crippen MR) is 78.9 cm³/mol. The molecule has 0 bridgehead atoms. The lowest BCUT2D eigenvalue weighted by atomic mass is 9.99. The molecule has 0 amide bonds. The molecule has 0 saturated carbocycles. The van der Waals surface area contributed by atoms with Gasteiger partial charge in [0.1, 0.15) is 0 Å². The Morgan fingerprint density at radius 2 is 1.83 bits per heavy atom. The van der Waals surface area contributed by atoms with Crippen LogP contribution in [-0.4, -0.2) is 25.0 Å². The summed E-state index contributed by atoms with van der Waals surface area (Å²) in [5.74, 6) is 0. The lowest BCUT2D eigenvalue weighted by Crippen LogP contribution is -2.27. The van der Waals surface area contributed by atoms with Crippen LogP contribution in [0.5, 0.6) is 0 Å². The minimum Gasteiger partial charge on any atom is -0.306 e. The van der Waals surface area contributed by atoms with Gasteiger partial charge < -0.3 is 4.90 Å². The van der Waals surface area contributed by atoms with Crippen molar-refractivity contribution in [2.24, 2.45) is 0 Å². The molecule has 0 radical (unpaired) electrons. The summed E-state index contributed by atoms with van der Waals surface area (Å²) in [6.45, 7) is 2.15. The highest BCUT2D eigenvalue weighted by atomic mass is 15.1. The molecule has 98 valence electrons. The Morgan fingerprint density at radius 1 is 1.11 bits per heavy atom. The number of nitrogens with zero attached hydrogens (tertiary/aromatic N) is 1. The van der Waals surface area contributed by atoms with Crippen molar-refractivity contribution in [1.29, 1.82) is 0 Å². The highest BCUT2D eigenvalue weighted by molar-refractivity contribution is 5.26. The van der Waals surface area contributed by atoms with Crippen molar-refractivity contribution in [3.63, 3.8) is 0 Å². The first kappa shape index (κ1) is 13.4. The van der Waals surface area contributed by atoms with Gasteiger partial charge in [-0.2, -0.15) is 0 Å². The van der Waals surface area contributed by atoms with Crippen LogP contribution < -0.4 is 0 Å². The maximum atomic E-state index is 2.48. The standard InChI is InChI=1S/C17H25N/c1-14-7-9-16(10-8-14)13-15-5-4-6-17(12-11-15)18(2)3/h5,7-10,17H,4,6,11-13H2,1-3H3. The predicted octanol–water partition coefficient (Wildman–Crippen LogP) is 3.97. The van der Waals surface area contributed by atoms with E-state index in [0.29, 0.717) is 0 Å². The Balaban J connectivity index is 1.94. The van der Waals surface area contributed by atoms with E-state index in [4.69, 9.17) is 0 Å². The SMILES string of the molecule is Cc1ccc(CC2=CCCC(N(C)C)CC2)cc1. The molecule has 18 heavy (non-hydrogen) atoms. The summed E-state index contributed by atoms with van der Waals surface area (Å²) in [7, 11) is 4.41. The molecule has 0 aliphatic heterocycles. The van der Waals surface area contributed by atoms with Gasteiger partial charge in [0.2, 0.25) is 0 Å². The summed E-state index contributed by atoms with van der Waals surface area (Å²) in [6, 6.07) is 9.73. The van der Waals surface area contributed by atoms with Gasteiger partial charge in [0.05, 0.1) is 0 Å². The summed E-state index contributed by atoms with van der Waals surface area (Å²) < 4.78 is 0. The van der Waals surface area contributed by atoms with Gasteiger partial charge in [-0.05, 0) is 58.7 Å². The second-order valence-electron chi connectivity index (χ2n) is 5.76. The third-order valence-electron chi connectivity index (χ3n) is 4.01. The van der Waals surface area contributed by atoms with Crippen molar-refractivity contribution in [2.45, 2.75) is 45.1 Å². The van der Waals surface area contributed by atoms with E-state index in [2.05, 4.69) is 56.3 Å². The molecule has 0 fully saturated rings. The Bertz CT molecular complexity index is 400. The van der Waals surface area contributed by atoms with Gasteiger partial charge in [-0.15, -0.1) is 0 Å². The molecule has 1 atom stereocenters.